The van der Waals surface area contributed by atoms with Gasteiger partial charge in [-0.3, -0.25) is 0 Å². The lowest BCUT2D eigenvalue weighted by atomic mass is 9.90. The van der Waals surface area contributed by atoms with Crippen LogP contribution in [0.15, 0.2) is 30.3 Å². The van der Waals surface area contributed by atoms with Gasteiger partial charge in [0.25, 0.3) is 0 Å². The molecule has 0 aliphatic rings. The van der Waals surface area contributed by atoms with E-state index in [4.69, 9.17) is 0 Å². The third-order valence-electron chi connectivity index (χ3n) is 3.41. The van der Waals surface area contributed by atoms with E-state index in [0.717, 1.165) is 11.1 Å². The highest BCUT2D eigenvalue weighted by Crippen LogP contribution is 2.31. The molecule has 1 radical (unpaired) electrons. The van der Waals surface area contributed by atoms with Crippen LogP contribution in [0.3, 0.4) is 0 Å². The summed E-state index contributed by atoms with van der Waals surface area (Å²) in [4.78, 5) is 0. The van der Waals surface area contributed by atoms with Crippen molar-refractivity contribution in [3.8, 4) is 11.1 Å². The van der Waals surface area contributed by atoms with Crippen molar-refractivity contribution in [3.05, 3.63) is 59.2 Å². The van der Waals surface area contributed by atoms with Gasteiger partial charge in [-0.1, -0.05) is 45.9 Å². The van der Waals surface area contributed by atoms with E-state index in [1.165, 1.54) is 18.2 Å². The summed E-state index contributed by atoms with van der Waals surface area (Å²) in [7, 11) is 0. The molecule has 0 fully saturated rings. The molecule has 0 amide bonds. The molecule has 2 aromatic carbocycles. The van der Waals surface area contributed by atoms with E-state index in [2.05, 4.69) is 33.8 Å². The van der Waals surface area contributed by atoms with E-state index in [-0.39, 0.29) is 17.4 Å². The van der Waals surface area contributed by atoms with Crippen molar-refractivity contribution in [2.75, 3.05) is 0 Å². The van der Waals surface area contributed by atoms with Crippen molar-refractivity contribution in [1.82, 2.24) is 0 Å². The zero-order valence-electron chi connectivity index (χ0n) is 12.3. The second-order valence-corrected chi connectivity index (χ2v) is 5.69. The molecule has 0 nitrogen and oxygen atoms in total. The second-order valence-electron chi connectivity index (χ2n) is 5.69. The Balaban J connectivity index is 2.67. The molecule has 105 valence electrons. The molecule has 0 atom stereocenters. The Labute approximate surface area is 119 Å². The van der Waals surface area contributed by atoms with Crippen LogP contribution in [-0.2, 0) is 0 Å². The lowest BCUT2D eigenvalue weighted by molar-refractivity contribution is 0.589. The monoisotopic (exact) mass is 273 g/mol. The molecule has 2 heteroatoms. The number of hydrogen-bond acceptors (Lipinski definition) is 0. The maximum atomic E-state index is 14.0. The molecule has 0 N–H and O–H groups in total. The quantitative estimate of drug-likeness (QED) is 0.675. The first kappa shape index (κ1) is 14.7. The van der Waals surface area contributed by atoms with Crippen molar-refractivity contribution in [1.29, 1.82) is 0 Å². The molecule has 0 aliphatic carbocycles. The van der Waals surface area contributed by atoms with Gasteiger partial charge in [-0.2, -0.15) is 0 Å². The largest absolute Gasteiger partial charge is 0.206 e. The first-order valence-electron chi connectivity index (χ1n) is 6.91. The predicted octanol–water partition coefficient (Wildman–Crippen LogP) is 5.68. The number of halogens is 2. The number of benzene rings is 2. The summed E-state index contributed by atoms with van der Waals surface area (Å²) in [5.74, 6) is -0.522. The van der Waals surface area contributed by atoms with E-state index in [9.17, 15) is 8.78 Å². The summed E-state index contributed by atoms with van der Waals surface area (Å²) in [6, 6.07) is 11.0. The summed E-state index contributed by atoms with van der Waals surface area (Å²) in [6.07, 6.45) is 0. The molecular formula is C18H19F2. The lowest BCUT2D eigenvalue weighted by Gasteiger charge is -2.14. The second kappa shape index (κ2) is 5.74. The fourth-order valence-corrected chi connectivity index (χ4v) is 2.16. The van der Waals surface area contributed by atoms with E-state index in [1.807, 2.05) is 12.1 Å². The van der Waals surface area contributed by atoms with E-state index < -0.39 is 11.6 Å². The first-order chi connectivity index (χ1) is 9.40. The Morgan fingerprint density at radius 1 is 0.850 bits per heavy atom. The Morgan fingerprint density at radius 3 is 1.70 bits per heavy atom. The Bertz CT molecular complexity index is 566. The van der Waals surface area contributed by atoms with Gasteiger partial charge in [0.2, 0.25) is 0 Å². The van der Waals surface area contributed by atoms with Crippen LogP contribution in [0.2, 0.25) is 0 Å². The van der Waals surface area contributed by atoms with Crippen LogP contribution in [0.25, 0.3) is 11.1 Å². The predicted molar refractivity (Wildman–Crippen MR) is 78.8 cm³/mol. The third kappa shape index (κ3) is 2.90. The maximum absolute atomic E-state index is 14.0. The Hall–Kier alpha value is -1.70. The fraction of sp³-hybridized carbons (Fsp3) is 0.333. The molecule has 0 aliphatic heterocycles. The summed E-state index contributed by atoms with van der Waals surface area (Å²) >= 11 is 0. The normalized spacial score (nSPS) is 11.4. The minimum atomic E-state index is -0.527. The van der Waals surface area contributed by atoms with Gasteiger partial charge in [0.15, 0.2) is 0 Å². The van der Waals surface area contributed by atoms with Gasteiger partial charge in [-0.15, -0.1) is 0 Å². The molecule has 0 saturated carbocycles. The third-order valence-corrected chi connectivity index (χ3v) is 3.41. The number of rotatable bonds is 3. The minimum Gasteiger partial charge on any atom is -0.206 e. The Kier molecular flexibility index (Phi) is 4.22. The summed E-state index contributed by atoms with van der Waals surface area (Å²) in [5, 5.41) is 0. The summed E-state index contributed by atoms with van der Waals surface area (Å²) < 4.78 is 27.9. The highest BCUT2D eigenvalue weighted by atomic mass is 19.1. The highest BCUT2D eigenvalue weighted by Gasteiger charge is 2.14. The molecule has 2 rings (SSSR count). The molecule has 0 heterocycles. The van der Waals surface area contributed by atoms with Gasteiger partial charge in [-0.05, 0) is 46.7 Å². The molecule has 0 unspecified atom stereocenters. The van der Waals surface area contributed by atoms with E-state index >= 15 is 0 Å². The zero-order valence-corrected chi connectivity index (χ0v) is 12.3. The van der Waals surface area contributed by atoms with E-state index in [0.29, 0.717) is 5.56 Å². The Morgan fingerprint density at radius 2 is 1.30 bits per heavy atom. The van der Waals surface area contributed by atoms with Gasteiger partial charge in [0.1, 0.15) is 11.6 Å². The topological polar surface area (TPSA) is 0 Å². The lowest BCUT2D eigenvalue weighted by Crippen LogP contribution is -1.98. The van der Waals surface area contributed by atoms with Crippen LogP contribution < -0.4 is 0 Å². The van der Waals surface area contributed by atoms with Gasteiger partial charge in [0.05, 0.1) is 5.56 Å². The van der Waals surface area contributed by atoms with Gasteiger partial charge >= 0.3 is 0 Å². The van der Waals surface area contributed by atoms with Gasteiger partial charge in [0, 0.05) is 0 Å². The van der Waals surface area contributed by atoms with Crippen LogP contribution in [-0.4, -0.2) is 0 Å². The first-order valence-corrected chi connectivity index (χ1v) is 6.91. The molecular weight excluding hydrogens is 254 g/mol. The van der Waals surface area contributed by atoms with Crippen LogP contribution in [0.4, 0.5) is 8.78 Å². The highest BCUT2D eigenvalue weighted by molar-refractivity contribution is 5.66. The summed E-state index contributed by atoms with van der Waals surface area (Å²) in [5.41, 5.74) is 2.60. The molecule has 20 heavy (non-hydrogen) atoms. The van der Waals surface area contributed by atoms with Crippen molar-refractivity contribution >= 4 is 0 Å². The smallest absolute Gasteiger partial charge is 0.133 e. The van der Waals surface area contributed by atoms with Gasteiger partial charge < -0.3 is 0 Å². The average molecular weight is 273 g/mol. The molecule has 0 aromatic heterocycles. The van der Waals surface area contributed by atoms with Crippen LogP contribution in [0, 0.1) is 17.7 Å². The van der Waals surface area contributed by atoms with Crippen LogP contribution in [0.1, 0.15) is 50.7 Å². The van der Waals surface area contributed by atoms with Crippen molar-refractivity contribution < 1.29 is 8.78 Å². The van der Waals surface area contributed by atoms with Crippen molar-refractivity contribution in [3.63, 3.8) is 0 Å². The number of hydrogen-bond donors (Lipinski definition) is 0. The maximum Gasteiger partial charge on any atom is 0.133 e. The van der Waals surface area contributed by atoms with Crippen LogP contribution >= 0.6 is 0 Å². The van der Waals surface area contributed by atoms with Gasteiger partial charge in [-0.25, -0.2) is 8.78 Å². The molecule has 0 spiro atoms. The SMILES string of the molecule is CC(C)c1[c]c(C(C)C)cc(-c2c(F)cccc2F)c1. The zero-order chi connectivity index (χ0) is 14.9. The molecule has 0 saturated heterocycles. The van der Waals surface area contributed by atoms with E-state index in [1.54, 1.807) is 0 Å². The van der Waals surface area contributed by atoms with Crippen molar-refractivity contribution in [2.45, 2.75) is 39.5 Å². The average Bonchev–Trinajstić information content (AvgIpc) is 2.38. The fourth-order valence-electron chi connectivity index (χ4n) is 2.16. The minimum absolute atomic E-state index is 0.0466. The molecule has 0 bridgehead atoms. The molecule has 2 aromatic rings. The standard InChI is InChI=1S/C18H19F2/c1-11(2)13-8-14(12(3)4)10-15(9-13)18-16(19)6-5-7-17(18)20/h5-7,9-12H,1-4H3. The summed E-state index contributed by atoms with van der Waals surface area (Å²) in [6.45, 7) is 8.21. The van der Waals surface area contributed by atoms with Crippen LogP contribution in [0.5, 0.6) is 0 Å². The van der Waals surface area contributed by atoms with Crippen molar-refractivity contribution in [2.24, 2.45) is 0 Å².